The van der Waals surface area contributed by atoms with E-state index in [0.29, 0.717) is 22.6 Å². The Kier molecular flexibility index (Phi) is 5.44. The van der Waals surface area contributed by atoms with Crippen molar-refractivity contribution >= 4 is 12.1 Å². The maximum Gasteiger partial charge on any atom is 0.416 e. The summed E-state index contributed by atoms with van der Waals surface area (Å²) in [6.07, 6.45) is 2.24. The Morgan fingerprint density at radius 1 is 0.903 bits per heavy atom. The Morgan fingerprint density at radius 2 is 1.68 bits per heavy atom. The lowest BCUT2D eigenvalue weighted by molar-refractivity contribution is -0.137. The smallest absolute Gasteiger partial charge is 0.323 e. The fourth-order valence-electron chi connectivity index (χ4n) is 3.17. The summed E-state index contributed by atoms with van der Waals surface area (Å²) in [5.41, 5.74) is 3.73. The molecule has 0 unspecified atom stereocenters. The van der Waals surface area contributed by atoms with Crippen LogP contribution in [0.5, 0.6) is 0 Å². The van der Waals surface area contributed by atoms with E-state index in [0.717, 1.165) is 12.1 Å². The topological polar surface area (TPSA) is 51.3 Å². The molecule has 0 spiro atoms. The van der Waals surface area contributed by atoms with E-state index in [4.69, 9.17) is 0 Å². The molecule has 0 aliphatic heterocycles. The molecule has 156 valence electrons. The quantitative estimate of drug-likeness (QED) is 0.355. The van der Waals surface area contributed by atoms with Gasteiger partial charge in [0.25, 0.3) is 5.91 Å². The number of benzene rings is 2. The van der Waals surface area contributed by atoms with Crippen LogP contribution in [0.3, 0.4) is 0 Å². The van der Waals surface area contributed by atoms with Crippen molar-refractivity contribution in [2.24, 2.45) is 5.10 Å². The van der Waals surface area contributed by atoms with Crippen LogP contribution in [0.25, 0.3) is 11.4 Å². The molecular weight excluding hydrogens is 405 g/mol. The van der Waals surface area contributed by atoms with Gasteiger partial charge in [0.15, 0.2) is 0 Å². The molecule has 8 heteroatoms. The Balaban J connectivity index is 1.54. The number of nitrogens with zero attached hydrogens (tertiary/aromatic N) is 3. The maximum absolute atomic E-state index is 13.0. The third-order valence-corrected chi connectivity index (χ3v) is 4.63. The maximum atomic E-state index is 13.0. The number of carbonyl (C=O) groups is 1. The Bertz CT molecular complexity index is 1220. The monoisotopic (exact) mass is 422 g/mol. The van der Waals surface area contributed by atoms with E-state index < -0.39 is 17.6 Å². The first-order chi connectivity index (χ1) is 14.9. The lowest BCUT2D eigenvalue weighted by Crippen LogP contribution is -2.19. The van der Waals surface area contributed by atoms with E-state index in [2.05, 4.69) is 10.5 Å². The van der Waals surface area contributed by atoms with Crippen LogP contribution >= 0.6 is 0 Å². The summed E-state index contributed by atoms with van der Waals surface area (Å²) in [5, 5.41) is 3.99. The molecule has 0 aliphatic rings. The summed E-state index contributed by atoms with van der Waals surface area (Å²) in [7, 11) is 0. The molecule has 0 atom stereocenters. The van der Waals surface area contributed by atoms with E-state index in [9.17, 15) is 18.0 Å². The van der Waals surface area contributed by atoms with Gasteiger partial charge in [-0.1, -0.05) is 18.2 Å². The third kappa shape index (κ3) is 4.42. The molecule has 0 fully saturated rings. The van der Waals surface area contributed by atoms with Crippen molar-refractivity contribution < 1.29 is 18.0 Å². The predicted octanol–water partition coefficient (Wildman–Crippen LogP) is 5.05. The molecule has 0 bridgehead atoms. The van der Waals surface area contributed by atoms with Gasteiger partial charge >= 0.3 is 6.18 Å². The van der Waals surface area contributed by atoms with Crippen molar-refractivity contribution in [3.8, 4) is 11.4 Å². The van der Waals surface area contributed by atoms with Gasteiger partial charge in [-0.05, 0) is 54.6 Å². The van der Waals surface area contributed by atoms with E-state index in [1.54, 1.807) is 41.1 Å². The van der Waals surface area contributed by atoms with Crippen molar-refractivity contribution in [1.29, 1.82) is 0 Å². The van der Waals surface area contributed by atoms with Gasteiger partial charge in [0.1, 0.15) is 0 Å². The molecule has 0 saturated carbocycles. The highest BCUT2D eigenvalue weighted by Crippen LogP contribution is 2.30. The predicted molar refractivity (Wildman–Crippen MR) is 112 cm³/mol. The minimum Gasteiger partial charge on any atom is -0.323 e. The van der Waals surface area contributed by atoms with Crippen LogP contribution in [0, 0.1) is 0 Å². The zero-order chi connectivity index (χ0) is 21.8. The van der Waals surface area contributed by atoms with Crippen molar-refractivity contribution in [3.63, 3.8) is 0 Å². The lowest BCUT2D eigenvalue weighted by Gasteiger charge is -2.11. The molecule has 0 radical (unpaired) electrons. The molecule has 31 heavy (non-hydrogen) atoms. The first-order valence-electron chi connectivity index (χ1n) is 9.34. The van der Waals surface area contributed by atoms with Crippen molar-refractivity contribution in [2.75, 3.05) is 0 Å². The highest BCUT2D eigenvalue weighted by molar-refractivity contribution is 5.98. The number of hydrogen-bond donors (Lipinski definition) is 1. The largest absolute Gasteiger partial charge is 0.416 e. The summed E-state index contributed by atoms with van der Waals surface area (Å²) in [4.78, 5) is 12.6. The number of halogens is 3. The second-order valence-electron chi connectivity index (χ2n) is 6.66. The molecule has 0 aliphatic carbocycles. The molecule has 5 nitrogen and oxygen atoms in total. The van der Waals surface area contributed by atoms with Crippen LogP contribution < -0.4 is 5.43 Å². The zero-order valence-electron chi connectivity index (χ0n) is 16.1. The van der Waals surface area contributed by atoms with E-state index in [-0.39, 0.29) is 0 Å². The lowest BCUT2D eigenvalue weighted by atomic mass is 10.1. The molecule has 1 amide bonds. The van der Waals surface area contributed by atoms with Gasteiger partial charge in [-0.2, -0.15) is 18.3 Å². The summed E-state index contributed by atoms with van der Waals surface area (Å²) < 4.78 is 42.4. The SMILES string of the molecule is O=C(N/N=C\c1cccn1-c1cccc(C(F)(F)F)c1)c1ccccc1-n1cccc1. The molecule has 4 aromatic rings. The summed E-state index contributed by atoms with van der Waals surface area (Å²) in [6.45, 7) is 0. The molecule has 2 aromatic carbocycles. The Labute approximate surface area is 176 Å². The normalized spacial score (nSPS) is 11.7. The van der Waals surface area contributed by atoms with Gasteiger partial charge in [0, 0.05) is 24.3 Å². The number of alkyl halides is 3. The fourth-order valence-corrected chi connectivity index (χ4v) is 3.17. The molecule has 2 aromatic heterocycles. The van der Waals surface area contributed by atoms with Crippen LogP contribution in [0.2, 0.25) is 0 Å². The van der Waals surface area contributed by atoms with Crippen LogP contribution in [0.15, 0.2) is 96.5 Å². The number of aromatic nitrogens is 2. The number of nitrogens with one attached hydrogen (secondary N) is 1. The van der Waals surface area contributed by atoms with Gasteiger partial charge in [-0.25, -0.2) is 5.43 Å². The average molecular weight is 422 g/mol. The molecule has 0 saturated heterocycles. The first-order valence-corrected chi connectivity index (χ1v) is 9.34. The summed E-state index contributed by atoms with van der Waals surface area (Å²) in [6, 6.07) is 19.2. The standard InChI is InChI=1S/C23H17F3N4O/c24-23(25,26)17-7-5-8-18(15-17)30-14-6-9-19(30)16-27-28-22(31)20-10-1-2-11-21(20)29-12-3-4-13-29/h1-16H,(H,28,31)/b27-16-. The van der Waals surface area contributed by atoms with Gasteiger partial charge in [0.05, 0.1) is 28.7 Å². The number of para-hydroxylation sites is 1. The first kappa shape index (κ1) is 20.2. The van der Waals surface area contributed by atoms with E-state index >= 15 is 0 Å². The second kappa shape index (κ2) is 8.35. The van der Waals surface area contributed by atoms with Gasteiger partial charge in [-0.15, -0.1) is 0 Å². The Morgan fingerprint density at radius 3 is 2.45 bits per heavy atom. The highest BCUT2D eigenvalue weighted by Gasteiger charge is 2.30. The molecular formula is C23H17F3N4O. The number of hydrazone groups is 1. The number of amides is 1. The van der Waals surface area contributed by atoms with Crippen LogP contribution in [-0.2, 0) is 6.18 Å². The Hall–Kier alpha value is -4.07. The summed E-state index contributed by atoms with van der Waals surface area (Å²) >= 11 is 0. The van der Waals surface area contributed by atoms with Crippen LogP contribution in [0.1, 0.15) is 21.6 Å². The average Bonchev–Trinajstić information content (AvgIpc) is 3.45. The third-order valence-electron chi connectivity index (χ3n) is 4.63. The second-order valence-corrected chi connectivity index (χ2v) is 6.66. The minimum atomic E-state index is -4.43. The zero-order valence-corrected chi connectivity index (χ0v) is 16.1. The highest BCUT2D eigenvalue weighted by atomic mass is 19.4. The summed E-state index contributed by atoms with van der Waals surface area (Å²) in [5.74, 6) is -0.405. The molecule has 1 N–H and O–H groups in total. The van der Waals surface area contributed by atoms with Gasteiger partial charge < -0.3 is 9.13 Å². The van der Waals surface area contributed by atoms with E-state index in [1.807, 2.05) is 41.2 Å². The number of rotatable bonds is 5. The van der Waals surface area contributed by atoms with Crippen molar-refractivity contribution in [1.82, 2.24) is 14.6 Å². The fraction of sp³-hybridized carbons (Fsp3) is 0.0435. The van der Waals surface area contributed by atoms with E-state index in [1.165, 1.54) is 12.3 Å². The van der Waals surface area contributed by atoms with Crippen molar-refractivity contribution in [2.45, 2.75) is 6.18 Å². The number of carbonyl (C=O) groups excluding carboxylic acids is 1. The molecule has 2 heterocycles. The van der Waals surface area contributed by atoms with Crippen LogP contribution in [-0.4, -0.2) is 21.3 Å². The van der Waals surface area contributed by atoms with Gasteiger partial charge in [-0.3, -0.25) is 4.79 Å². The van der Waals surface area contributed by atoms with Crippen molar-refractivity contribution in [3.05, 3.63) is 108 Å². The number of hydrogen-bond acceptors (Lipinski definition) is 2. The van der Waals surface area contributed by atoms with Gasteiger partial charge in [0.2, 0.25) is 0 Å². The van der Waals surface area contributed by atoms with Crippen LogP contribution in [0.4, 0.5) is 13.2 Å². The molecule has 4 rings (SSSR count). The minimum absolute atomic E-state index is 0.338.